The summed E-state index contributed by atoms with van der Waals surface area (Å²) in [6.45, 7) is 0. The summed E-state index contributed by atoms with van der Waals surface area (Å²) >= 11 is 0. The molecule has 5 N–H and O–H groups in total. The van der Waals surface area contributed by atoms with Gasteiger partial charge in [-0.3, -0.25) is 0 Å². The highest BCUT2D eigenvalue weighted by Crippen LogP contribution is 2.28. The molecule has 0 unspecified atom stereocenters. The van der Waals surface area contributed by atoms with Crippen LogP contribution in [0.25, 0.3) is 22.0 Å². The van der Waals surface area contributed by atoms with Gasteiger partial charge in [0.2, 0.25) is 5.95 Å². The fourth-order valence-electron chi connectivity index (χ4n) is 3.08. The highest BCUT2D eigenvalue weighted by molar-refractivity contribution is 5.93. The first-order valence-electron chi connectivity index (χ1n) is 8.40. The van der Waals surface area contributed by atoms with Gasteiger partial charge < -0.3 is 11.2 Å². The zero-order chi connectivity index (χ0) is 17.9. The third kappa shape index (κ3) is 3.20. The molecule has 0 radical (unpaired) electrons. The minimum absolute atomic E-state index is 0.198. The van der Waals surface area contributed by atoms with Crippen molar-refractivity contribution < 1.29 is 0 Å². The van der Waals surface area contributed by atoms with Crippen LogP contribution in [-0.2, 0) is 6.42 Å². The maximum Gasteiger partial charge on any atom is 0.222 e. The van der Waals surface area contributed by atoms with Crippen molar-refractivity contribution in [1.29, 1.82) is 0 Å². The van der Waals surface area contributed by atoms with Crippen molar-refractivity contribution in [2.24, 2.45) is 5.84 Å². The highest BCUT2D eigenvalue weighted by atomic mass is 15.3. The van der Waals surface area contributed by atoms with Gasteiger partial charge in [-0.15, -0.1) is 0 Å². The molecule has 4 aromatic rings. The quantitative estimate of drug-likeness (QED) is 0.388. The number of fused-ring (bicyclic) bond motifs is 1. The molecule has 26 heavy (non-hydrogen) atoms. The zero-order valence-corrected chi connectivity index (χ0v) is 14.2. The molecule has 0 saturated carbocycles. The van der Waals surface area contributed by atoms with Gasteiger partial charge in [0.05, 0.1) is 5.52 Å². The van der Waals surface area contributed by atoms with Crippen LogP contribution in [0, 0.1) is 0 Å². The Morgan fingerprint density at radius 1 is 0.769 bits per heavy atom. The molecule has 1 aromatic heterocycles. The van der Waals surface area contributed by atoms with E-state index in [0.29, 0.717) is 5.82 Å². The fourth-order valence-corrected chi connectivity index (χ4v) is 3.08. The van der Waals surface area contributed by atoms with Gasteiger partial charge in [0, 0.05) is 5.39 Å². The number of anilines is 2. The van der Waals surface area contributed by atoms with Crippen molar-refractivity contribution in [2.45, 2.75) is 6.42 Å². The molecule has 0 aliphatic rings. The SMILES string of the molecule is NNc1nc(N)nc2ccc(-c3ccc(Cc4ccccc4)cc3)cc12. The second-order valence-corrected chi connectivity index (χ2v) is 6.17. The van der Waals surface area contributed by atoms with Gasteiger partial charge in [-0.2, -0.15) is 4.98 Å². The number of nitrogens with two attached hydrogens (primary N) is 2. The number of rotatable bonds is 4. The maximum atomic E-state index is 5.71. The molecule has 0 saturated heterocycles. The van der Waals surface area contributed by atoms with E-state index in [9.17, 15) is 0 Å². The fraction of sp³-hybridized carbons (Fsp3) is 0.0476. The van der Waals surface area contributed by atoms with E-state index in [-0.39, 0.29) is 5.95 Å². The predicted molar refractivity (Wildman–Crippen MR) is 106 cm³/mol. The average molecular weight is 341 g/mol. The number of nitrogens with zero attached hydrogens (tertiary/aromatic N) is 2. The Bertz CT molecular complexity index is 1040. The largest absolute Gasteiger partial charge is 0.368 e. The van der Waals surface area contributed by atoms with E-state index in [2.05, 4.69) is 63.9 Å². The van der Waals surface area contributed by atoms with Crippen LogP contribution >= 0.6 is 0 Å². The lowest BCUT2D eigenvalue weighted by Gasteiger charge is -2.09. The Hall–Kier alpha value is -3.44. The van der Waals surface area contributed by atoms with E-state index in [1.165, 1.54) is 11.1 Å². The molecule has 4 rings (SSSR count). The lowest BCUT2D eigenvalue weighted by Crippen LogP contribution is -2.11. The minimum Gasteiger partial charge on any atom is -0.368 e. The van der Waals surface area contributed by atoms with Gasteiger partial charge in [0.15, 0.2) is 5.82 Å². The Kier molecular flexibility index (Phi) is 4.21. The summed E-state index contributed by atoms with van der Waals surface area (Å²) in [5.41, 5.74) is 13.9. The molecule has 3 aromatic carbocycles. The number of aromatic nitrogens is 2. The second kappa shape index (κ2) is 6.82. The number of nitrogens with one attached hydrogen (secondary N) is 1. The molecule has 1 heterocycles. The standard InChI is InChI=1S/C21H19N5/c22-21-24-19-11-10-17(13-18(19)20(25-21)26-23)16-8-6-15(7-9-16)12-14-4-2-1-3-5-14/h1-11,13H,12,23H2,(H3,22,24,25,26). The summed E-state index contributed by atoms with van der Waals surface area (Å²) < 4.78 is 0. The normalized spacial score (nSPS) is 10.8. The summed E-state index contributed by atoms with van der Waals surface area (Å²) in [5.74, 6) is 6.29. The highest BCUT2D eigenvalue weighted by Gasteiger charge is 2.07. The molecule has 0 spiro atoms. The number of hydrazine groups is 1. The Morgan fingerprint density at radius 2 is 1.46 bits per heavy atom. The molecule has 5 nitrogen and oxygen atoms in total. The number of hydrogen-bond acceptors (Lipinski definition) is 5. The monoisotopic (exact) mass is 341 g/mol. The van der Waals surface area contributed by atoms with E-state index in [1.54, 1.807) is 0 Å². The van der Waals surface area contributed by atoms with Gasteiger partial charge >= 0.3 is 0 Å². The van der Waals surface area contributed by atoms with Gasteiger partial charge in [0.25, 0.3) is 0 Å². The average Bonchev–Trinajstić information content (AvgIpc) is 2.68. The third-order valence-electron chi connectivity index (χ3n) is 4.39. The van der Waals surface area contributed by atoms with Crippen LogP contribution in [0.1, 0.15) is 11.1 Å². The van der Waals surface area contributed by atoms with E-state index >= 15 is 0 Å². The predicted octanol–water partition coefficient (Wildman–Crippen LogP) is 3.76. The Balaban J connectivity index is 1.66. The first-order valence-corrected chi connectivity index (χ1v) is 8.40. The molecular formula is C21H19N5. The van der Waals surface area contributed by atoms with Crippen molar-refractivity contribution in [3.8, 4) is 11.1 Å². The molecular weight excluding hydrogens is 322 g/mol. The van der Waals surface area contributed by atoms with Crippen LogP contribution in [0.3, 0.4) is 0 Å². The first kappa shape index (κ1) is 16.1. The van der Waals surface area contributed by atoms with Crippen LogP contribution in [-0.4, -0.2) is 9.97 Å². The smallest absolute Gasteiger partial charge is 0.222 e. The lowest BCUT2D eigenvalue weighted by molar-refractivity contribution is 1.19. The van der Waals surface area contributed by atoms with E-state index in [4.69, 9.17) is 11.6 Å². The van der Waals surface area contributed by atoms with Gasteiger partial charge in [-0.25, -0.2) is 10.8 Å². The minimum atomic E-state index is 0.198. The molecule has 0 atom stereocenters. The molecule has 5 heteroatoms. The van der Waals surface area contributed by atoms with E-state index in [0.717, 1.165) is 28.5 Å². The topological polar surface area (TPSA) is 89.8 Å². The van der Waals surface area contributed by atoms with Gasteiger partial charge in [-0.1, -0.05) is 60.7 Å². The lowest BCUT2D eigenvalue weighted by atomic mass is 9.99. The second-order valence-electron chi connectivity index (χ2n) is 6.17. The molecule has 128 valence electrons. The van der Waals surface area contributed by atoms with Crippen LogP contribution in [0.15, 0.2) is 72.8 Å². The Morgan fingerprint density at radius 3 is 2.19 bits per heavy atom. The zero-order valence-electron chi connectivity index (χ0n) is 14.2. The van der Waals surface area contributed by atoms with Crippen molar-refractivity contribution in [3.63, 3.8) is 0 Å². The van der Waals surface area contributed by atoms with Crippen molar-refractivity contribution in [3.05, 3.63) is 83.9 Å². The summed E-state index contributed by atoms with van der Waals surface area (Å²) in [6.07, 6.45) is 0.924. The van der Waals surface area contributed by atoms with Crippen molar-refractivity contribution >= 4 is 22.7 Å². The van der Waals surface area contributed by atoms with Crippen LogP contribution in [0.5, 0.6) is 0 Å². The number of hydrogen-bond donors (Lipinski definition) is 3. The van der Waals surface area contributed by atoms with Gasteiger partial charge in [-0.05, 0) is 40.8 Å². The summed E-state index contributed by atoms with van der Waals surface area (Å²) in [4.78, 5) is 8.40. The molecule has 0 aliphatic heterocycles. The summed E-state index contributed by atoms with van der Waals surface area (Å²) in [5, 5.41) is 0.840. The van der Waals surface area contributed by atoms with Crippen molar-refractivity contribution in [1.82, 2.24) is 9.97 Å². The molecule has 0 aliphatic carbocycles. The third-order valence-corrected chi connectivity index (χ3v) is 4.39. The molecule has 0 bridgehead atoms. The molecule has 0 fully saturated rings. The van der Waals surface area contributed by atoms with E-state index < -0.39 is 0 Å². The number of benzene rings is 3. The number of nitrogen functional groups attached to an aromatic ring is 2. The Labute approximate surface area is 151 Å². The van der Waals surface area contributed by atoms with Gasteiger partial charge in [0.1, 0.15) is 0 Å². The first-order chi connectivity index (χ1) is 12.7. The van der Waals surface area contributed by atoms with Crippen LogP contribution < -0.4 is 17.0 Å². The molecule has 0 amide bonds. The maximum absolute atomic E-state index is 5.71. The summed E-state index contributed by atoms with van der Waals surface area (Å²) in [6, 6.07) is 25.0. The summed E-state index contributed by atoms with van der Waals surface area (Å²) in [7, 11) is 0. The van der Waals surface area contributed by atoms with E-state index in [1.807, 2.05) is 24.3 Å². The van der Waals surface area contributed by atoms with Crippen LogP contribution in [0.2, 0.25) is 0 Å². The van der Waals surface area contributed by atoms with Crippen molar-refractivity contribution in [2.75, 3.05) is 11.2 Å². The van der Waals surface area contributed by atoms with Crippen LogP contribution in [0.4, 0.5) is 11.8 Å².